The van der Waals surface area contributed by atoms with Crippen LogP contribution in [0.15, 0.2) is 17.5 Å². The summed E-state index contributed by atoms with van der Waals surface area (Å²) in [4.78, 5) is 6.39. The van der Waals surface area contributed by atoms with Crippen LogP contribution in [0.25, 0.3) is 0 Å². The van der Waals surface area contributed by atoms with E-state index in [-0.39, 0.29) is 11.9 Å². The topological polar surface area (TPSA) is 79.7 Å². The van der Waals surface area contributed by atoms with Crippen molar-refractivity contribution in [1.82, 2.24) is 14.5 Å². The van der Waals surface area contributed by atoms with Crippen molar-refractivity contribution < 1.29 is 5.21 Å². The SMILES string of the molecule is CC(C(N)=NO)N1CCn2ccnc2C1. The first-order chi connectivity index (χ1) is 7.22. The van der Waals surface area contributed by atoms with Crippen molar-refractivity contribution >= 4 is 5.84 Å². The van der Waals surface area contributed by atoms with E-state index in [0.717, 1.165) is 25.5 Å². The third-order valence-corrected chi connectivity index (χ3v) is 2.87. The van der Waals surface area contributed by atoms with E-state index in [1.54, 1.807) is 6.20 Å². The monoisotopic (exact) mass is 209 g/mol. The number of hydrogen-bond donors (Lipinski definition) is 2. The predicted molar refractivity (Wildman–Crippen MR) is 55.5 cm³/mol. The summed E-state index contributed by atoms with van der Waals surface area (Å²) in [6.07, 6.45) is 3.77. The van der Waals surface area contributed by atoms with E-state index in [0.29, 0.717) is 0 Å². The normalized spacial score (nSPS) is 19.9. The van der Waals surface area contributed by atoms with Gasteiger partial charge in [-0.2, -0.15) is 0 Å². The highest BCUT2D eigenvalue weighted by atomic mass is 16.4. The number of nitrogens with zero attached hydrogens (tertiary/aromatic N) is 4. The largest absolute Gasteiger partial charge is 0.409 e. The molecule has 1 aromatic heterocycles. The molecule has 0 radical (unpaired) electrons. The van der Waals surface area contributed by atoms with Gasteiger partial charge in [0.1, 0.15) is 5.82 Å². The maximum absolute atomic E-state index is 8.61. The van der Waals surface area contributed by atoms with E-state index >= 15 is 0 Å². The predicted octanol–water partition coefficient (Wildman–Crippen LogP) is -0.166. The van der Waals surface area contributed by atoms with E-state index < -0.39 is 0 Å². The third-order valence-electron chi connectivity index (χ3n) is 2.87. The van der Waals surface area contributed by atoms with Gasteiger partial charge in [-0.05, 0) is 6.92 Å². The lowest BCUT2D eigenvalue weighted by molar-refractivity contribution is 0.194. The second-order valence-electron chi connectivity index (χ2n) is 3.71. The van der Waals surface area contributed by atoms with Crippen molar-refractivity contribution in [3.63, 3.8) is 0 Å². The number of nitrogens with two attached hydrogens (primary N) is 1. The molecule has 1 aliphatic rings. The van der Waals surface area contributed by atoms with Crippen LogP contribution >= 0.6 is 0 Å². The number of fused-ring (bicyclic) bond motifs is 1. The minimum Gasteiger partial charge on any atom is -0.409 e. The Hall–Kier alpha value is -1.56. The number of amidine groups is 1. The number of rotatable bonds is 2. The van der Waals surface area contributed by atoms with Crippen molar-refractivity contribution in [1.29, 1.82) is 0 Å². The molecule has 2 rings (SSSR count). The van der Waals surface area contributed by atoms with Gasteiger partial charge in [0.15, 0.2) is 5.84 Å². The summed E-state index contributed by atoms with van der Waals surface area (Å²) in [5, 5.41) is 11.6. The molecule has 2 heterocycles. The van der Waals surface area contributed by atoms with Crippen LogP contribution in [-0.2, 0) is 13.1 Å². The molecule has 0 saturated carbocycles. The van der Waals surface area contributed by atoms with Crippen LogP contribution < -0.4 is 5.73 Å². The van der Waals surface area contributed by atoms with Crippen molar-refractivity contribution in [2.75, 3.05) is 6.54 Å². The molecule has 1 aromatic rings. The van der Waals surface area contributed by atoms with Crippen LogP contribution in [0.1, 0.15) is 12.7 Å². The molecule has 1 unspecified atom stereocenters. The van der Waals surface area contributed by atoms with Gasteiger partial charge in [0, 0.05) is 25.5 Å². The maximum Gasteiger partial charge on any atom is 0.156 e. The zero-order valence-corrected chi connectivity index (χ0v) is 8.67. The Labute approximate surface area is 88.0 Å². The zero-order chi connectivity index (χ0) is 10.8. The van der Waals surface area contributed by atoms with Gasteiger partial charge >= 0.3 is 0 Å². The second kappa shape index (κ2) is 3.90. The Morgan fingerprint density at radius 3 is 3.20 bits per heavy atom. The Bertz CT molecular complexity index is 372. The first-order valence-electron chi connectivity index (χ1n) is 4.94. The summed E-state index contributed by atoms with van der Waals surface area (Å²) in [6, 6.07) is -0.0551. The van der Waals surface area contributed by atoms with Crippen LogP contribution in [-0.4, -0.2) is 38.1 Å². The van der Waals surface area contributed by atoms with Crippen molar-refractivity contribution in [3.05, 3.63) is 18.2 Å². The van der Waals surface area contributed by atoms with Crippen LogP contribution in [0.2, 0.25) is 0 Å². The van der Waals surface area contributed by atoms with Crippen LogP contribution in [0.4, 0.5) is 0 Å². The third kappa shape index (κ3) is 1.80. The number of imidazole rings is 1. The second-order valence-corrected chi connectivity index (χ2v) is 3.71. The van der Waals surface area contributed by atoms with E-state index in [1.165, 1.54) is 0 Å². The smallest absolute Gasteiger partial charge is 0.156 e. The molecule has 6 nitrogen and oxygen atoms in total. The standard InChI is InChI=1S/C9H15N5O/c1-7(9(10)12-15)14-5-4-13-3-2-11-8(13)6-14/h2-3,7,15H,4-6H2,1H3,(H2,10,12). The minimum atomic E-state index is -0.0551. The molecule has 1 aliphatic heterocycles. The fourth-order valence-corrected chi connectivity index (χ4v) is 1.79. The molecule has 1 atom stereocenters. The lowest BCUT2D eigenvalue weighted by Gasteiger charge is -2.31. The maximum atomic E-state index is 8.61. The van der Waals surface area contributed by atoms with Crippen molar-refractivity contribution in [2.45, 2.75) is 26.1 Å². The Morgan fingerprint density at radius 2 is 2.47 bits per heavy atom. The van der Waals surface area contributed by atoms with Crippen LogP contribution in [0.3, 0.4) is 0 Å². The van der Waals surface area contributed by atoms with Gasteiger partial charge < -0.3 is 15.5 Å². The molecule has 0 fully saturated rings. The Morgan fingerprint density at radius 1 is 1.67 bits per heavy atom. The van der Waals surface area contributed by atoms with E-state index in [2.05, 4.69) is 19.6 Å². The molecule has 3 N–H and O–H groups in total. The molecule has 0 amide bonds. The first-order valence-corrected chi connectivity index (χ1v) is 4.94. The lowest BCUT2D eigenvalue weighted by Crippen LogP contribution is -2.46. The molecule has 0 bridgehead atoms. The molecular formula is C9H15N5O. The van der Waals surface area contributed by atoms with E-state index in [4.69, 9.17) is 10.9 Å². The molecule has 0 aliphatic carbocycles. The Balaban J connectivity index is 2.10. The summed E-state index contributed by atoms with van der Waals surface area (Å²) in [6.45, 7) is 4.46. The zero-order valence-electron chi connectivity index (χ0n) is 8.67. The lowest BCUT2D eigenvalue weighted by atomic mass is 10.2. The summed E-state index contributed by atoms with van der Waals surface area (Å²) in [5.74, 6) is 1.27. The Kier molecular flexibility index (Phi) is 2.59. The van der Waals surface area contributed by atoms with Crippen LogP contribution in [0, 0.1) is 0 Å². The van der Waals surface area contributed by atoms with Gasteiger partial charge in [-0.3, -0.25) is 4.90 Å². The fourth-order valence-electron chi connectivity index (χ4n) is 1.79. The van der Waals surface area contributed by atoms with E-state index in [9.17, 15) is 0 Å². The highest BCUT2D eigenvalue weighted by Crippen LogP contribution is 2.12. The number of aromatic nitrogens is 2. The van der Waals surface area contributed by atoms with Gasteiger partial charge in [0.05, 0.1) is 12.6 Å². The van der Waals surface area contributed by atoms with Crippen molar-refractivity contribution in [3.8, 4) is 0 Å². The summed E-state index contributed by atoms with van der Waals surface area (Å²) < 4.78 is 2.12. The summed E-state index contributed by atoms with van der Waals surface area (Å²) >= 11 is 0. The van der Waals surface area contributed by atoms with Gasteiger partial charge in [-0.1, -0.05) is 5.16 Å². The van der Waals surface area contributed by atoms with Gasteiger partial charge in [-0.15, -0.1) is 0 Å². The molecule has 0 spiro atoms. The van der Waals surface area contributed by atoms with Gasteiger partial charge in [-0.25, -0.2) is 4.98 Å². The highest BCUT2D eigenvalue weighted by molar-refractivity contribution is 5.84. The van der Waals surface area contributed by atoms with E-state index in [1.807, 2.05) is 13.1 Å². The first kappa shape index (κ1) is 9.97. The molecule has 6 heteroatoms. The highest BCUT2D eigenvalue weighted by Gasteiger charge is 2.23. The molecular weight excluding hydrogens is 194 g/mol. The average Bonchev–Trinajstić information content (AvgIpc) is 2.73. The number of oxime groups is 1. The van der Waals surface area contributed by atoms with Crippen molar-refractivity contribution in [2.24, 2.45) is 10.9 Å². The fraction of sp³-hybridized carbons (Fsp3) is 0.556. The minimum absolute atomic E-state index is 0.0551. The molecule has 15 heavy (non-hydrogen) atoms. The van der Waals surface area contributed by atoms with Gasteiger partial charge in [0.2, 0.25) is 0 Å². The molecule has 0 saturated heterocycles. The van der Waals surface area contributed by atoms with Gasteiger partial charge in [0.25, 0.3) is 0 Å². The van der Waals surface area contributed by atoms with Crippen LogP contribution in [0.5, 0.6) is 0 Å². The number of hydrogen-bond acceptors (Lipinski definition) is 4. The summed E-state index contributed by atoms with van der Waals surface area (Å²) in [5.41, 5.74) is 5.57. The molecule has 82 valence electrons. The summed E-state index contributed by atoms with van der Waals surface area (Å²) in [7, 11) is 0. The average molecular weight is 209 g/mol. The quantitative estimate of drug-likeness (QED) is 0.307. The molecule has 0 aromatic carbocycles.